The third-order valence-corrected chi connectivity index (χ3v) is 3.13. The molecule has 2 rings (SSSR count). The zero-order valence-electron chi connectivity index (χ0n) is 7.31. The van der Waals surface area contributed by atoms with E-state index in [0.29, 0.717) is 0 Å². The summed E-state index contributed by atoms with van der Waals surface area (Å²) >= 11 is 6.17. The normalized spacial score (nSPS) is 21.0. The minimum Gasteiger partial charge on any atom is -0.118 e. The van der Waals surface area contributed by atoms with Gasteiger partial charge in [0.1, 0.15) is 0 Å². The predicted molar refractivity (Wildman–Crippen MR) is 52.7 cm³/mol. The van der Waals surface area contributed by atoms with Gasteiger partial charge in [0, 0.05) is 0 Å². The predicted octanol–water partition coefficient (Wildman–Crippen LogP) is 3.48. The van der Waals surface area contributed by atoms with Crippen molar-refractivity contribution in [2.45, 2.75) is 31.6 Å². The summed E-state index contributed by atoms with van der Waals surface area (Å²) in [4.78, 5) is 0. The van der Waals surface area contributed by atoms with Gasteiger partial charge in [0.25, 0.3) is 0 Å². The molecule has 1 unspecified atom stereocenters. The average Bonchev–Trinajstić information content (AvgIpc) is 2.48. The Morgan fingerprint density at radius 3 is 3.08 bits per heavy atom. The van der Waals surface area contributed by atoms with Crippen LogP contribution in [-0.2, 0) is 12.8 Å². The molecule has 0 bridgehead atoms. The highest BCUT2D eigenvalue weighted by atomic mass is 35.5. The van der Waals surface area contributed by atoms with Gasteiger partial charge in [-0.2, -0.15) is 0 Å². The number of halogens is 1. The highest BCUT2D eigenvalue weighted by Crippen LogP contribution is 2.37. The molecule has 1 aromatic carbocycles. The number of rotatable bonds is 1. The lowest BCUT2D eigenvalue weighted by atomic mass is 10.0. The summed E-state index contributed by atoms with van der Waals surface area (Å²) in [5.74, 6) is 0. The van der Waals surface area contributed by atoms with Crippen molar-refractivity contribution in [2.75, 3.05) is 0 Å². The number of aryl methyl sites for hydroxylation is 1. The van der Waals surface area contributed by atoms with Gasteiger partial charge in [0.2, 0.25) is 0 Å². The first-order valence-corrected chi connectivity index (χ1v) is 5.01. The quantitative estimate of drug-likeness (QED) is 0.581. The second-order valence-corrected chi connectivity index (χ2v) is 3.87. The summed E-state index contributed by atoms with van der Waals surface area (Å²) in [5.41, 5.74) is 4.37. The summed E-state index contributed by atoms with van der Waals surface area (Å²) in [6.45, 7) is 2.21. The topological polar surface area (TPSA) is 0 Å². The van der Waals surface area contributed by atoms with E-state index >= 15 is 0 Å². The molecule has 0 saturated carbocycles. The van der Waals surface area contributed by atoms with E-state index in [0.717, 1.165) is 12.8 Å². The Balaban J connectivity index is 2.50. The van der Waals surface area contributed by atoms with Crippen LogP contribution in [0.1, 0.15) is 35.4 Å². The fraction of sp³-hybridized carbons (Fsp3) is 0.455. The first kappa shape index (κ1) is 8.12. The molecule has 1 aliphatic rings. The molecular weight excluding hydrogens is 168 g/mol. The van der Waals surface area contributed by atoms with E-state index in [1.807, 2.05) is 0 Å². The lowest BCUT2D eigenvalue weighted by Gasteiger charge is -2.06. The molecular formula is C11H13Cl. The van der Waals surface area contributed by atoms with Gasteiger partial charge in [-0.05, 0) is 36.0 Å². The van der Waals surface area contributed by atoms with Gasteiger partial charge < -0.3 is 0 Å². The van der Waals surface area contributed by atoms with Gasteiger partial charge in [-0.1, -0.05) is 25.1 Å². The van der Waals surface area contributed by atoms with E-state index in [1.165, 1.54) is 23.1 Å². The van der Waals surface area contributed by atoms with E-state index in [4.69, 9.17) is 11.6 Å². The molecule has 0 aliphatic heterocycles. The van der Waals surface area contributed by atoms with Crippen molar-refractivity contribution < 1.29 is 0 Å². The molecule has 0 spiro atoms. The van der Waals surface area contributed by atoms with Crippen molar-refractivity contribution in [2.24, 2.45) is 0 Å². The highest BCUT2D eigenvalue weighted by Gasteiger charge is 2.21. The van der Waals surface area contributed by atoms with Crippen LogP contribution in [0.25, 0.3) is 0 Å². The Morgan fingerprint density at radius 1 is 1.50 bits per heavy atom. The molecule has 1 heteroatoms. The van der Waals surface area contributed by atoms with Crippen LogP contribution in [0.4, 0.5) is 0 Å². The van der Waals surface area contributed by atoms with Crippen molar-refractivity contribution in [1.29, 1.82) is 0 Å². The molecule has 0 nitrogen and oxygen atoms in total. The first-order chi connectivity index (χ1) is 5.83. The Hall–Kier alpha value is -0.490. The van der Waals surface area contributed by atoms with Crippen LogP contribution in [-0.4, -0.2) is 0 Å². The maximum atomic E-state index is 6.17. The van der Waals surface area contributed by atoms with Crippen LogP contribution >= 0.6 is 11.6 Å². The van der Waals surface area contributed by atoms with Crippen LogP contribution < -0.4 is 0 Å². The number of alkyl halides is 1. The molecule has 0 fully saturated rings. The Morgan fingerprint density at radius 2 is 2.33 bits per heavy atom. The summed E-state index contributed by atoms with van der Waals surface area (Å²) < 4.78 is 0. The molecule has 1 aromatic rings. The first-order valence-electron chi connectivity index (χ1n) is 4.57. The molecule has 12 heavy (non-hydrogen) atoms. The number of hydrogen-bond acceptors (Lipinski definition) is 0. The van der Waals surface area contributed by atoms with E-state index in [1.54, 1.807) is 0 Å². The van der Waals surface area contributed by atoms with E-state index in [9.17, 15) is 0 Å². The van der Waals surface area contributed by atoms with E-state index < -0.39 is 0 Å². The molecule has 0 amide bonds. The zero-order chi connectivity index (χ0) is 8.55. The van der Waals surface area contributed by atoms with Gasteiger partial charge in [-0.15, -0.1) is 11.6 Å². The maximum absolute atomic E-state index is 6.17. The van der Waals surface area contributed by atoms with Crippen LogP contribution in [0, 0.1) is 0 Å². The minimum atomic E-state index is 0.270. The molecule has 0 aromatic heterocycles. The maximum Gasteiger partial charge on any atom is 0.0591 e. The minimum absolute atomic E-state index is 0.270. The van der Waals surface area contributed by atoms with Crippen molar-refractivity contribution in [3.8, 4) is 0 Å². The standard InChI is InChI=1S/C11H13Cl/c1-2-8-4-3-5-10-9(8)6-7-11(10)12/h3-5,11H,2,6-7H2,1H3. The molecule has 1 aliphatic carbocycles. The number of hydrogen-bond donors (Lipinski definition) is 0. The van der Waals surface area contributed by atoms with Gasteiger partial charge in [-0.25, -0.2) is 0 Å². The van der Waals surface area contributed by atoms with Crippen LogP contribution in [0.5, 0.6) is 0 Å². The fourth-order valence-electron chi connectivity index (χ4n) is 2.01. The molecule has 0 heterocycles. The smallest absolute Gasteiger partial charge is 0.0591 e. The Kier molecular flexibility index (Phi) is 2.10. The van der Waals surface area contributed by atoms with Gasteiger partial charge in [0.05, 0.1) is 5.38 Å². The zero-order valence-corrected chi connectivity index (χ0v) is 8.06. The van der Waals surface area contributed by atoms with Gasteiger partial charge >= 0.3 is 0 Å². The van der Waals surface area contributed by atoms with Gasteiger partial charge in [0.15, 0.2) is 0 Å². The number of benzene rings is 1. The fourth-order valence-corrected chi connectivity index (χ4v) is 2.32. The molecule has 0 radical (unpaired) electrons. The van der Waals surface area contributed by atoms with Crippen molar-refractivity contribution in [3.05, 3.63) is 34.9 Å². The second kappa shape index (κ2) is 3.10. The molecule has 1 atom stereocenters. The number of fused-ring (bicyclic) bond motifs is 1. The van der Waals surface area contributed by atoms with Crippen LogP contribution in [0.2, 0.25) is 0 Å². The largest absolute Gasteiger partial charge is 0.118 e. The molecule has 64 valence electrons. The second-order valence-electron chi connectivity index (χ2n) is 3.34. The summed E-state index contributed by atoms with van der Waals surface area (Å²) in [7, 11) is 0. The van der Waals surface area contributed by atoms with Crippen LogP contribution in [0.3, 0.4) is 0 Å². The van der Waals surface area contributed by atoms with Crippen LogP contribution in [0.15, 0.2) is 18.2 Å². The average molecular weight is 181 g/mol. The summed E-state index contributed by atoms with van der Waals surface area (Å²) in [6.07, 6.45) is 3.42. The molecule has 0 saturated heterocycles. The Labute approximate surface area is 78.6 Å². The van der Waals surface area contributed by atoms with Crippen molar-refractivity contribution >= 4 is 11.6 Å². The van der Waals surface area contributed by atoms with Gasteiger partial charge in [-0.3, -0.25) is 0 Å². The SMILES string of the molecule is CCc1cccc2c1CCC2Cl. The lowest BCUT2D eigenvalue weighted by Crippen LogP contribution is -1.90. The third-order valence-electron chi connectivity index (χ3n) is 2.68. The lowest BCUT2D eigenvalue weighted by molar-refractivity contribution is 0.877. The summed E-state index contributed by atoms with van der Waals surface area (Å²) in [5, 5.41) is 0.270. The monoisotopic (exact) mass is 180 g/mol. The summed E-state index contributed by atoms with van der Waals surface area (Å²) in [6, 6.07) is 6.51. The van der Waals surface area contributed by atoms with Crippen molar-refractivity contribution in [3.63, 3.8) is 0 Å². The molecule has 0 N–H and O–H groups in total. The highest BCUT2D eigenvalue weighted by molar-refractivity contribution is 6.21. The third kappa shape index (κ3) is 1.15. The van der Waals surface area contributed by atoms with E-state index in [2.05, 4.69) is 25.1 Å². The van der Waals surface area contributed by atoms with Crippen molar-refractivity contribution in [1.82, 2.24) is 0 Å². The Bertz CT molecular complexity index is 291. The van der Waals surface area contributed by atoms with E-state index in [-0.39, 0.29) is 5.38 Å².